The maximum absolute atomic E-state index is 11.7. The summed E-state index contributed by atoms with van der Waals surface area (Å²) in [4.78, 5) is 0. The molecule has 5 heteroatoms. The fourth-order valence-corrected chi connectivity index (χ4v) is 3.64. The molecule has 1 N–H and O–H groups in total. The second kappa shape index (κ2) is 3.79. The van der Waals surface area contributed by atoms with E-state index < -0.39 is 10.0 Å². The van der Waals surface area contributed by atoms with Gasteiger partial charge < -0.3 is 5.32 Å². The Labute approximate surface area is 85.7 Å². The maximum Gasteiger partial charge on any atom is 0.213 e. The zero-order chi connectivity index (χ0) is 10.2. The van der Waals surface area contributed by atoms with E-state index in [1.165, 1.54) is 0 Å². The van der Waals surface area contributed by atoms with Gasteiger partial charge in [0.2, 0.25) is 10.0 Å². The molecule has 82 valence electrons. The summed E-state index contributed by atoms with van der Waals surface area (Å²) in [6, 6.07) is 0. The zero-order valence-electron chi connectivity index (χ0n) is 8.57. The van der Waals surface area contributed by atoms with Crippen LogP contribution in [0, 0.1) is 11.8 Å². The Morgan fingerprint density at radius 2 is 2.07 bits per heavy atom. The van der Waals surface area contributed by atoms with Crippen LogP contribution in [0.3, 0.4) is 0 Å². The highest BCUT2D eigenvalue weighted by molar-refractivity contribution is 7.89. The van der Waals surface area contributed by atoms with Crippen LogP contribution in [0.2, 0.25) is 0 Å². The average molecular weight is 218 g/mol. The highest BCUT2D eigenvalue weighted by Gasteiger charge is 2.38. The fraction of sp³-hybridized carbons (Fsp3) is 1.00. The lowest BCUT2D eigenvalue weighted by Crippen LogP contribution is -2.35. The number of fused-ring (bicyclic) bond motifs is 1. The molecule has 4 nitrogen and oxygen atoms in total. The molecule has 2 aliphatic rings. The van der Waals surface area contributed by atoms with Gasteiger partial charge in [-0.3, -0.25) is 0 Å². The number of hydrogen-bond acceptors (Lipinski definition) is 3. The molecule has 0 aromatic carbocycles. The van der Waals surface area contributed by atoms with Crippen molar-refractivity contribution in [3.05, 3.63) is 0 Å². The van der Waals surface area contributed by atoms with E-state index in [0.29, 0.717) is 11.8 Å². The quantitative estimate of drug-likeness (QED) is 0.703. The van der Waals surface area contributed by atoms with Crippen LogP contribution < -0.4 is 5.32 Å². The van der Waals surface area contributed by atoms with Crippen LogP contribution >= 0.6 is 0 Å². The molecule has 0 saturated carbocycles. The van der Waals surface area contributed by atoms with Gasteiger partial charge in [-0.05, 0) is 38.3 Å². The number of nitrogens with zero attached hydrogens (tertiary/aromatic N) is 1. The normalized spacial score (nSPS) is 34.4. The van der Waals surface area contributed by atoms with Gasteiger partial charge in [0.25, 0.3) is 0 Å². The molecule has 2 rings (SSSR count). The zero-order valence-corrected chi connectivity index (χ0v) is 9.39. The minimum absolute atomic E-state index is 0.236. The van der Waals surface area contributed by atoms with Crippen molar-refractivity contribution < 1.29 is 8.42 Å². The van der Waals surface area contributed by atoms with Crippen molar-refractivity contribution in [1.29, 1.82) is 0 Å². The number of sulfonamides is 1. The summed E-state index contributed by atoms with van der Waals surface area (Å²) in [5.74, 6) is 1.38. The van der Waals surface area contributed by atoms with Crippen LogP contribution in [0.15, 0.2) is 0 Å². The number of nitrogens with one attached hydrogen (secondary N) is 1. The van der Waals surface area contributed by atoms with Gasteiger partial charge in [0.15, 0.2) is 0 Å². The summed E-state index contributed by atoms with van der Waals surface area (Å²) >= 11 is 0. The van der Waals surface area contributed by atoms with Gasteiger partial charge in [0, 0.05) is 13.1 Å². The lowest BCUT2D eigenvalue weighted by Gasteiger charge is -2.24. The van der Waals surface area contributed by atoms with Crippen molar-refractivity contribution in [3.8, 4) is 0 Å². The van der Waals surface area contributed by atoms with Gasteiger partial charge in [-0.2, -0.15) is 0 Å². The second-order valence-electron chi connectivity index (χ2n) is 4.23. The number of hydrogen-bond donors (Lipinski definition) is 1. The highest BCUT2D eigenvalue weighted by Crippen LogP contribution is 2.29. The van der Waals surface area contributed by atoms with Crippen LogP contribution in [0.4, 0.5) is 0 Å². The van der Waals surface area contributed by atoms with Crippen LogP contribution in [0.1, 0.15) is 13.3 Å². The number of piperidine rings is 1. The molecule has 0 aliphatic carbocycles. The van der Waals surface area contributed by atoms with E-state index in [-0.39, 0.29) is 5.75 Å². The van der Waals surface area contributed by atoms with Gasteiger partial charge in [-0.15, -0.1) is 0 Å². The molecule has 0 amide bonds. The minimum atomic E-state index is -2.95. The summed E-state index contributed by atoms with van der Waals surface area (Å²) in [5, 5.41) is 3.32. The first kappa shape index (κ1) is 10.4. The molecular formula is C9H18N2O2S. The molecule has 0 aromatic heterocycles. The lowest BCUT2D eigenvalue weighted by molar-refractivity contribution is 0.318. The SMILES string of the molecule is CCS(=O)(=O)N1CC2CCNCC2C1. The van der Waals surface area contributed by atoms with E-state index in [1.54, 1.807) is 11.2 Å². The van der Waals surface area contributed by atoms with E-state index in [0.717, 1.165) is 32.6 Å². The molecule has 2 aliphatic heterocycles. The third kappa shape index (κ3) is 1.81. The van der Waals surface area contributed by atoms with Crippen molar-refractivity contribution in [2.24, 2.45) is 11.8 Å². The monoisotopic (exact) mass is 218 g/mol. The van der Waals surface area contributed by atoms with Crippen LogP contribution in [-0.2, 0) is 10.0 Å². The van der Waals surface area contributed by atoms with E-state index in [2.05, 4.69) is 5.32 Å². The molecule has 2 saturated heterocycles. The van der Waals surface area contributed by atoms with Crippen molar-refractivity contribution in [1.82, 2.24) is 9.62 Å². The predicted molar refractivity (Wildman–Crippen MR) is 55.5 cm³/mol. The first-order chi connectivity index (χ1) is 6.63. The van der Waals surface area contributed by atoms with Crippen molar-refractivity contribution in [2.75, 3.05) is 31.9 Å². The molecule has 2 unspecified atom stereocenters. The van der Waals surface area contributed by atoms with Gasteiger partial charge in [-0.1, -0.05) is 0 Å². The fourth-order valence-electron chi connectivity index (χ4n) is 2.44. The molecule has 2 heterocycles. The first-order valence-electron chi connectivity index (χ1n) is 5.32. The maximum atomic E-state index is 11.7. The lowest BCUT2D eigenvalue weighted by atomic mass is 9.90. The van der Waals surface area contributed by atoms with Crippen LogP contribution in [0.5, 0.6) is 0 Å². The topological polar surface area (TPSA) is 49.4 Å². The summed E-state index contributed by atoms with van der Waals surface area (Å²) < 4.78 is 25.0. The number of rotatable bonds is 2. The molecule has 0 radical (unpaired) electrons. The Kier molecular flexibility index (Phi) is 2.81. The van der Waals surface area contributed by atoms with E-state index in [4.69, 9.17) is 0 Å². The van der Waals surface area contributed by atoms with Crippen molar-refractivity contribution >= 4 is 10.0 Å². The van der Waals surface area contributed by atoms with Gasteiger partial charge in [0.1, 0.15) is 0 Å². The smallest absolute Gasteiger partial charge is 0.213 e. The molecule has 2 fully saturated rings. The predicted octanol–water partition coefficient (Wildman–Crippen LogP) is -0.123. The summed E-state index contributed by atoms with van der Waals surface area (Å²) in [7, 11) is -2.95. The standard InChI is InChI=1S/C9H18N2O2S/c1-2-14(12,13)11-6-8-3-4-10-5-9(8)7-11/h8-10H,2-7H2,1H3. The Morgan fingerprint density at radius 1 is 1.36 bits per heavy atom. The van der Waals surface area contributed by atoms with Crippen LogP contribution in [-0.4, -0.2) is 44.7 Å². The third-order valence-electron chi connectivity index (χ3n) is 3.40. The van der Waals surface area contributed by atoms with Gasteiger partial charge >= 0.3 is 0 Å². The Balaban J connectivity index is 2.06. The summed E-state index contributed by atoms with van der Waals surface area (Å²) in [6.07, 6.45) is 1.13. The van der Waals surface area contributed by atoms with E-state index in [1.807, 2.05) is 0 Å². The molecule has 0 aromatic rings. The van der Waals surface area contributed by atoms with Gasteiger partial charge in [-0.25, -0.2) is 12.7 Å². The third-order valence-corrected chi connectivity index (χ3v) is 5.21. The highest BCUT2D eigenvalue weighted by atomic mass is 32.2. The molecule has 0 spiro atoms. The van der Waals surface area contributed by atoms with E-state index >= 15 is 0 Å². The van der Waals surface area contributed by atoms with Crippen molar-refractivity contribution in [3.63, 3.8) is 0 Å². The Morgan fingerprint density at radius 3 is 2.71 bits per heavy atom. The minimum Gasteiger partial charge on any atom is -0.316 e. The van der Waals surface area contributed by atoms with Crippen molar-refractivity contribution in [2.45, 2.75) is 13.3 Å². The van der Waals surface area contributed by atoms with E-state index in [9.17, 15) is 8.42 Å². The molecule has 0 bridgehead atoms. The second-order valence-corrected chi connectivity index (χ2v) is 6.49. The molecular weight excluding hydrogens is 200 g/mol. The Hall–Kier alpha value is -0.130. The summed E-state index contributed by atoms with van der Waals surface area (Å²) in [5.41, 5.74) is 0. The average Bonchev–Trinajstić information content (AvgIpc) is 2.61. The molecule has 14 heavy (non-hydrogen) atoms. The van der Waals surface area contributed by atoms with Crippen LogP contribution in [0.25, 0.3) is 0 Å². The first-order valence-corrected chi connectivity index (χ1v) is 6.93. The van der Waals surface area contributed by atoms with Gasteiger partial charge in [0.05, 0.1) is 5.75 Å². The Bertz CT molecular complexity index is 288. The summed E-state index contributed by atoms with van der Waals surface area (Å²) in [6.45, 7) is 5.23. The molecule has 2 atom stereocenters. The largest absolute Gasteiger partial charge is 0.316 e.